The molecular formula is C8H15ClN2O4. The lowest BCUT2D eigenvalue weighted by atomic mass is 10.2. The molecular weight excluding hydrogens is 224 g/mol. The lowest BCUT2D eigenvalue weighted by molar-refractivity contribution is -0.150. The zero-order chi connectivity index (χ0) is 10.7. The molecule has 0 aromatic carbocycles. The van der Waals surface area contributed by atoms with Crippen LogP contribution in [0.3, 0.4) is 0 Å². The average molecular weight is 239 g/mol. The van der Waals surface area contributed by atoms with Gasteiger partial charge in [0.1, 0.15) is 6.04 Å². The van der Waals surface area contributed by atoms with Crippen LogP contribution in [-0.4, -0.2) is 54.2 Å². The number of nitrogens with two attached hydrogens (primary N) is 1. The van der Waals surface area contributed by atoms with Gasteiger partial charge < -0.3 is 20.5 Å². The van der Waals surface area contributed by atoms with Crippen LogP contribution in [0.4, 0.5) is 0 Å². The lowest BCUT2D eigenvalue weighted by Gasteiger charge is -2.21. The second kappa shape index (κ2) is 5.89. The van der Waals surface area contributed by atoms with Crippen molar-refractivity contribution in [2.75, 3.05) is 20.2 Å². The van der Waals surface area contributed by atoms with Crippen molar-refractivity contribution in [3.05, 3.63) is 0 Å². The van der Waals surface area contributed by atoms with Crippen molar-refractivity contribution < 1.29 is 19.4 Å². The van der Waals surface area contributed by atoms with Crippen LogP contribution in [0.1, 0.15) is 6.42 Å². The van der Waals surface area contributed by atoms with Crippen molar-refractivity contribution in [1.29, 1.82) is 0 Å². The molecule has 15 heavy (non-hydrogen) atoms. The molecule has 1 fully saturated rings. The van der Waals surface area contributed by atoms with Gasteiger partial charge >= 0.3 is 5.97 Å². The van der Waals surface area contributed by atoms with Gasteiger partial charge in [-0.2, -0.15) is 0 Å². The van der Waals surface area contributed by atoms with Gasteiger partial charge in [0.05, 0.1) is 19.8 Å². The molecule has 0 saturated carbocycles. The number of likely N-dealkylation sites (tertiary alicyclic amines) is 1. The normalized spacial score (nSPS) is 24.6. The van der Waals surface area contributed by atoms with Crippen molar-refractivity contribution in [3.63, 3.8) is 0 Å². The van der Waals surface area contributed by atoms with Crippen molar-refractivity contribution in [3.8, 4) is 0 Å². The van der Waals surface area contributed by atoms with Gasteiger partial charge in [-0.05, 0) is 0 Å². The molecule has 1 saturated heterocycles. The summed E-state index contributed by atoms with van der Waals surface area (Å²) in [6.07, 6.45) is -0.451. The monoisotopic (exact) mass is 238 g/mol. The summed E-state index contributed by atoms with van der Waals surface area (Å²) < 4.78 is 4.52. The fraction of sp³-hybridized carbons (Fsp3) is 0.750. The molecule has 1 amide bonds. The molecule has 1 aliphatic rings. The van der Waals surface area contributed by atoms with E-state index in [0.29, 0.717) is 0 Å². The summed E-state index contributed by atoms with van der Waals surface area (Å²) in [5, 5.41) is 9.32. The summed E-state index contributed by atoms with van der Waals surface area (Å²) in [5.74, 6) is -0.861. The first-order chi connectivity index (χ1) is 6.60. The number of esters is 1. The zero-order valence-electron chi connectivity index (χ0n) is 8.38. The lowest BCUT2D eigenvalue weighted by Crippen LogP contribution is -2.44. The summed E-state index contributed by atoms with van der Waals surface area (Å²) in [6, 6.07) is -0.689. The molecule has 1 rings (SSSR count). The van der Waals surface area contributed by atoms with E-state index in [1.165, 1.54) is 12.0 Å². The van der Waals surface area contributed by atoms with Crippen LogP contribution in [-0.2, 0) is 14.3 Å². The van der Waals surface area contributed by atoms with Crippen LogP contribution in [0.5, 0.6) is 0 Å². The Morgan fingerprint density at radius 2 is 2.20 bits per heavy atom. The van der Waals surface area contributed by atoms with Gasteiger partial charge in [0.2, 0.25) is 5.91 Å². The standard InChI is InChI=1S/C8H14N2O4.ClH/c1-14-8(13)6-2-5(11)4-10(6)7(12)3-9;/h5-6,11H,2-4,9H2,1H3;1H. The number of carbonyl (C=O) groups excluding carboxylic acids is 2. The highest BCUT2D eigenvalue weighted by molar-refractivity contribution is 5.86. The minimum atomic E-state index is -0.689. The quantitative estimate of drug-likeness (QED) is 0.572. The highest BCUT2D eigenvalue weighted by Crippen LogP contribution is 2.18. The first kappa shape index (κ1) is 14.2. The fourth-order valence-electron chi connectivity index (χ4n) is 1.57. The van der Waals surface area contributed by atoms with E-state index in [9.17, 15) is 14.7 Å². The third-order valence-electron chi connectivity index (χ3n) is 2.25. The summed E-state index contributed by atoms with van der Waals surface area (Å²) in [7, 11) is 1.25. The van der Waals surface area contributed by atoms with E-state index < -0.39 is 18.1 Å². The molecule has 0 radical (unpaired) electrons. The first-order valence-corrected chi connectivity index (χ1v) is 4.35. The largest absolute Gasteiger partial charge is 0.467 e. The maximum absolute atomic E-state index is 11.3. The minimum Gasteiger partial charge on any atom is -0.467 e. The molecule has 0 spiro atoms. The van der Waals surface area contributed by atoms with E-state index in [1.807, 2.05) is 0 Å². The number of β-amino-alcohol motifs (C(OH)–C–C–N with tert-alkyl or cyclic N) is 1. The van der Waals surface area contributed by atoms with Gasteiger partial charge in [-0.3, -0.25) is 4.79 Å². The smallest absolute Gasteiger partial charge is 0.328 e. The van der Waals surface area contributed by atoms with E-state index >= 15 is 0 Å². The summed E-state index contributed by atoms with van der Waals surface area (Å²) in [5.41, 5.74) is 5.18. The van der Waals surface area contributed by atoms with E-state index in [4.69, 9.17) is 5.73 Å². The number of hydrogen-bond donors (Lipinski definition) is 2. The number of aliphatic hydroxyl groups is 1. The number of aliphatic hydroxyl groups excluding tert-OH is 1. The van der Waals surface area contributed by atoms with Crippen LogP contribution in [0.2, 0.25) is 0 Å². The molecule has 1 heterocycles. The molecule has 6 nitrogen and oxygen atoms in total. The molecule has 1 aliphatic heterocycles. The average Bonchev–Trinajstić information content (AvgIpc) is 2.58. The third-order valence-corrected chi connectivity index (χ3v) is 2.25. The second-order valence-electron chi connectivity index (χ2n) is 3.18. The first-order valence-electron chi connectivity index (χ1n) is 4.35. The predicted molar refractivity (Wildman–Crippen MR) is 54.4 cm³/mol. The van der Waals surface area contributed by atoms with Gasteiger partial charge in [-0.15, -0.1) is 12.4 Å². The molecule has 0 bridgehead atoms. The molecule has 0 aromatic heterocycles. The highest BCUT2D eigenvalue weighted by Gasteiger charge is 2.38. The summed E-state index contributed by atoms with van der Waals surface area (Å²) in [6.45, 7) is -0.0178. The SMILES string of the molecule is COC(=O)C1CC(O)CN1C(=O)CN.Cl. The van der Waals surface area contributed by atoms with E-state index in [-0.39, 0.29) is 37.8 Å². The van der Waals surface area contributed by atoms with Gasteiger partial charge in [0.25, 0.3) is 0 Å². The van der Waals surface area contributed by atoms with E-state index in [1.54, 1.807) is 0 Å². The number of amides is 1. The molecule has 2 atom stereocenters. The Hall–Kier alpha value is -0.850. The Kier molecular flexibility index (Phi) is 5.56. The van der Waals surface area contributed by atoms with Crippen LogP contribution in [0, 0.1) is 0 Å². The maximum atomic E-state index is 11.3. The van der Waals surface area contributed by atoms with Crippen LogP contribution in [0.15, 0.2) is 0 Å². The number of carbonyl (C=O) groups is 2. The van der Waals surface area contributed by atoms with Gasteiger partial charge in [-0.1, -0.05) is 0 Å². The van der Waals surface area contributed by atoms with Gasteiger partial charge in [0, 0.05) is 13.0 Å². The number of hydrogen-bond acceptors (Lipinski definition) is 5. The second-order valence-corrected chi connectivity index (χ2v) is 3.18. The summed E-state index contributed by atoms with van der Waals surface area (Å²) in [4.78, 5) is 23.8. The number of ether oxygens (including phenoxy) is 1. The third kappa shape index (κ3) is 3.05. The fourth-order valence-corrected chi connectivity index (χ4v) is 1.57. The topological polar surface area (TPSA) is 92.9 Å². The number of halogens is 1. The Bertz CT molecular complexity index is 225. The minimum absolute atomic E-state index is 0. The Balaban J connectivity index is 0.00000196. The van der Waals surface area contributed by atoms with Crippen LogP contribution in [0.25, 0.3) is 0 Å². The van der Waals surface area contributed by atoms with Crippen molar-refractivity contribution >= 4 is 24.3 Å². The molecule has 7 heteroatoms. The van der Waals surface area contributed by atoms with E-state index in [2.05, 4.69) is 4.74 Å². The number of rotatable bonds is 2. The summed E-state index contributed by atoms with van der Waals surface area (Å²) >= 11 is 0. The Labute approximate surface area is 93.8 Å². The maximum Gasteiger partial charge on any atom is 0.328 e. The van der Waals surface area contributed by atoms with E-state index in [0.717, 1.165) is 0 Å². The van der Waals surface area contributed by atoms with Crippen molar-refractivity contribution in [2.45, 2.75) is 18.6 Å². The zero-order valence-corrected chi connectivity index (χ0v) is 9.20. The van der Waals surface area contributed by atoms with Gasteiger partial charge in [0.15, 0.2) is 0 Å². The van der Waals surface area contributed by atoms with Gasteiger partial charge in [-0.25, -0.2) is 4.79 Å². The number of methoxy groups -OCH3 is 1. The predicted octanol–water partition coefficient (Wildman–Crippen LogP) is -1.50. The molecule has 3 N–H and O–H groups in total. The molecule has 2 unspecified atom stereocenters. The van der Waals surface area contributed by atoms with Crippen LogP contribution < -0.4 is 5.73 Å². The van der Waals surface area contributed by atoms with Crippen molar-refractivity contribution in [1.82, 2.24) is 4.90 Å². The highest BCUT2D eigenvalue weighted by atomic mass is 35.5. The molecule has 0 aliphatic carbocycles. The number of nitrogens with zero attached hydrogens (tertiary/aromatic N) is 1. The molecule has 0 aromatic rings. The van der Waals surface area contributed by atoms with Crippen LogP contribution >= 0.6 is 12.4 Å². The van der Waals surface area contributed by atoms with Crippen molar-refractivity contribution in [2.24, 2.45) is 5.73 Å². The molecule has 88 valence electrons. The Morgan fingerprint density at radius 3 is 2.67 bits per heavy atom. The Morgan fingerprint density at radius 1 is 1.60 bits per heavy atom.